The van der Waals surface area contributed by atoms with Crippen LogP contribution in [0.3, 0.4) is 0 Å². The molecule has 3 rings (SSSR count). The first-order valence-corrected chi connectivity index (χ1v) is 6.29. The van der Waals surface area contributed by atoms with Crippen LogP contribution in [0.1, 0.15) is 25.3 Å². The number of carbonyl (C=O) groups is 1. The van der Waals surface area contributed by atoms with Gasteiger partial charge in [0, 0.05) is 12.2 Å². The monoisotopic (exact) mass is 230 g/mol. The first-order chi connectivity index (χ1) is 8.10. The lowest BCUT2D eigenvalue weighted by atomic mass is 9.95. The number of fused-ring (bicyclic) bond motifs is 1. The average molecular weight is 230 g/mol. The molecule has 2 N–H and O–H groups in total. The van der Waals surface area contributed by atoms with Gasteiger partial charge in [-0.05, 0) is 43.7 Å². The van der Waals surface area contributed by atoms with Crippen molar-refractivity contribution in [2.75, 3.05) is 11.4 Å². The molecule has 3 nitrogen and oxygen atoms in total. The van der Waals surface area contributed by atoms with Crippen molar-refractivity contribution >= 4 is 11.6 Å². The van der Waals surface area contributed by atoms with E-state index in [1.807, 2.05) is 30.0 Å². The van der Waals surface area contributed by atoms with E-state index in [0.29, 0.717) is 5.92 Å². The fourth-order valence-electron chi connectivity index (χ4n) is 2.70. The van der Waals surface area contributed by atoms with Gasteiger partial charge in [0.1, 0.15) is 0 Å². The van der Waals surface area contributed by atoms with Crippen LogP contribution in [0, 0.1) is 5.92 Å². The van der Waals surface area contributed by atoms with Gasteiger partial charge in [0.25, 0.3) is 0 Å². The summed E-state index contributed by atoms with van der Waals surface area (Å²) >= 11 is 0. The standard InChI is InChI=1S/C14H18N2O/c1-14(15,11-6-7-11)13(17)16-9-8-10-4-2-3-5-12(10)16/h2-5,11H,6-9,15H2,1H3. The Hall–Kier alpha value is -1.35. The molecule has 1 fully saturated rings. The molecule has 1 aliphatic carbocycles. The molecule has 0 spiro atoms. The van der Waals surface area contributed by atoms with Crippen LogP contribution in [0.25, 0.3) is 0 Å². The third-order valence-electron chi connectivity index (χ3n) is 4.02. The number of hydrogen-bond donors (Lipinski definition) is 1. The first kappa shape index (κ1) is 10.8. The molecule has 1 aliphatic heterocycles. The molecule has 0 bridgehead atoms. The minimum Gasteiger partial charge on any atom is -0.317 e. The van der Waals surface area contributed by atoms with Crippen molar-refractivity contribution in [1.82, 2.24) is 0 Å². The summed E-state index contributed by atoms with van der Waals surface area (Å²) in [6, 6.07) is 8.11. The number of nitrogens with zero attached hydrogens (tertiary/aromatic N) is 1. The summed E-state index contributed by atoms with van der Waals surface area (Å²) in [5, 5.41) is 0. The van der Waals surface area contributed by atoms with Gasteiger partial charge in [-0.15, -0.1) is 0 Å². The van der Waals surface area contributed by atoms with Crippen LogP contribution in [0.2, 0.25) is 0 Å². The van der Waals surface area contributed by atoms with E-state index in [4.69, 9.17) is 5.73 Å². The number of carbonyl (C=O) groups excluding carboxylic acids is 1. The number of amides is 1. The molecule has 1 atom stereocenters. The van der Waals surface area contributed by atoms with Crippen LogP contribution in [-0.2, 0) is 11.2 Å². The van der Waals surface area contributed by atoms with Crippen molar-refractivity contribution in [2.24, 2.45) is 11.7 Å². The molecular weight excluding hydrogens is 212 g/mol. The zero-order valence-electron chi connectivity index (χ0n) is 10.1. The van der Waals surface area contributed by atoms with Gasteiger partial charge in [-0.3, -0.25) is 4.79 Å². The zero-order chi connectivity index (χ0) is 12.0. The van der Waals surface area contributed by atoms with E-state index in [-0.39, 0.29) is 5.91 Å². The average Bonchev–Trinajstić information content (AvgIpc) is 3.09. The van der Waals surface area contributed by atoms with E-state index in [1.54, 1.807) is 0 Å². The van der Waals surface area contributed by atoms with Crippen molar-refractivity contribution in [2.45, 2.75) is 31.7 Å². The van der Waals surface area contributed by atoms with E-state index in [9.17, 15) is 4.79 Å². The third kappa shape index (κ3) is 1.65. The highest BCUT2D eigenvalue weighted by Crippen LogP contribution is 2.40. The number of para-hydroxylation sites is 1. The van der Waals surface area contributed by atoms with Crippen molar-refractivity contribution in [3.63, 3.8) is 0 Å². The summed E-state index contributed by atoms with van der Waals surface area (Å²) in [4.78, 5) is 14.4. The van der Waals surface area contributed by atoms with Gasteiger partial charge >= 0.3 is 0 Å². The maximum Gasteiger partial charge on any atom is 0.247 e. The van der Waals surface area contributed by atoms with Gasteiger partial charge in [-0.1, -0.05) is 18.2 Å². The minimum atomic E-state index is -0.683. The molecule has 0 radical (unpaired) electrons. The van der Waals surface area contributed by atoms with Crippen molar-refractivity contribution in [3.05, 3.63) is 29.8 Å². The van der Waals surface area contributed by atoms with Gasteiger partial charge in [-0.25, -0.2) is 0 Å². The Morgan fingerprint density at radius 3 is 2.82 bits per heavy atom. The highest BCUT2D eigenvalue weighted by atomic mass is 16.2. The Balaban J connectivity index is 1.89. The van der Waals surface area contributed by atoms with E-state index >= 15 is 0 Å². The summed E-state index contributed by atoms with van der Waals surface area (Å²) in [5.41, 5.74) is 7.84. The number of benzene rings is 1. The summed E-state index contributed by atoms with van der Waals surface area (Å²) in [7, 11) is 0. The largest absolute Gasteiger partial charge is 0.317 e. The van der Waals surface area contributed by atoms with Gasteiger partial charge in [0.2, 0.25) is 5.91 Å². The Bertz CT molecular complexity index is 463. The van der Waals surface area contributed by atoms with Crippen LogP contribution in [0.5, 0.6) is 0 Å². The lowest BCUT2D eigenvalue weighted by molar-refractivity contribution is -0.123. The van der Waals surface area contributed by atoms with E-state index in [0.717, 1.165) is 31.5 Å². The van der Waals surface area contributed by atoms with Gasteiger partial charge in [0.15, 0.2) is 0 Å². The topological polar surface area (TPSA) is 46.3 Å². The predicted molar refractivity (Wildman–Crippen MR) is 67.8 cm³/mol. The summed E-state index contributed by atoms with van der Waals surface area (Å²) < 4.78 is 0. The SMILES string of the molecule is CC(N)(C(=O)N1CCc2ccccc21)C1CC1. The predicted octanol–water partition coefficient (Wildman–Crippen LogP) is 1.70. The first-order valence-electron chi connectivity index (χ1n) is 6.29. The molecule has 90 valence electrons. The molecule has 1 unspecified atom stereocenters. The normalized spacial score (nSPS) is 22.1. The van der Waals surface area contributed by atoms with E-state index in [1.165, 1.54) is 5.56 Å². The highest BCUT2D eigenvalue weighted by molar-refractivity contribution is 6.01. The fourth-order valence-corrected chi connectivity index (χ4v) is 2.70. The van der Waals surface area contributed by atoms with Gasteiger partial charge < -0.3 is 10.6 Å². The number of hydrogen-bond acceptors (Lipinski definition) is 2. The maximum absolute atomic E-state index is 12.5. The summed E-state index contributed by atoms with van der Waals surface area (Å²) in [6.07, 6.45) is 3.13. The van der Waals surface area contributed by atoms with Crippen LogP contribution in [0.4, 0.5) is 5.69 Å². The molecule has 0 saturated heterocycles. The van der Waals surface area contributed by atoms with Crippen LogP contribution >= 0.6 is 0 Å². The molecule has 3 heteroatoms. The molecule has 1 aromatic rings. The number of anilines is 1. The van der Waals surface area contributed by atoms with Crippen LogP contribution in [-0.4, -0.2) is 18.0 Å². The molecule has 17 heavy (non-hydrogen) atoms. The highest BCUT2D eigenvalue weighted by Gasteiger charge is 2.47. The molecule has 1 heterocycles. The maximum atomic E-state index is 12.5. The third-order valence-corrected chi connectivity index (χ3v) is 4.02. The van der Waals surface area contributed by atoms with E-state index < -0.39 is 5.54 Å². The lowest BCUT2D eigenvalue weighted by Crippen LogP contribution is -2.54. The van der Waals surface area contributed by atoms with Crippen molar-refractivity contribution in [3.8, 4) is 0 Å². The smallest absolute Gasteiger partial charge is 0.247 e. The fraction of sp³-hybridized carbons (Fsp3) is 0.500. The second kappa shape index (κ2) is 3.57. The second-order valence-electron chi connectivity index (χ2n) is 5.39. The molecule has 2 aliphatic rings. The quantitative estimate of drug-likeness (QED) is 0.840. The molecule has 1 saturated carbocycles. The Morgan fingerprint density at radius 2 is 2.12 bits per heavy atom. The van der Waals surface area contributed by atoms with Crippen molar-refractivity contribution in [1.29, 1.82) is 0 Å². The van der Waals surface area contributed by atoms with Crippen molar-refractivity contribution < 1.29 is 4.79 Å². The molecule has 0 aromatic heterocycles. The molecular formula is C14H18N2O. The lowest BCUT2D eigenvalue weighted by Gasteiger charge is -2.29. The number of rotatable bonds is 2. The van der Waals surface area contributed by atoms with E-state index in [2.05, 4.69) is 6.07 Å². The van der Waals surface area contributed by atoms with Gasteiger partial charge in [-0.2, -0.15) is 0 Å². The Labute approximate surface area is 102 Å². The second-order valence-corrected chi connectivity index (χ2v) is 5.39. The Kier molecular flexibility index (Phi) is 2.26. The molecule has 1 amide bonds. The van der Waals surface area contributed by atoms with Crippen LogP contribution < -0.4 is 10.6 Å². The number of nitrogens with two attached hydrogens (primary N) is 1. The Morgan fingerprint density at radius 1 is 1.41 bits per heavy atom. The molecule has 1 aromatic carbocycles. The summed E-state index contributed by atoms with van der Waals surface area (Å²) in [6.45, 7) is 2.66. The minimum absolute atomic E-state index is 0.0879. The van der Waals surface area contributed by atoms with Gasteiger partial charge in [0.05, 0.1) is 5.54 Å². The van der Waals surface area contributed by atoms with Crippen LogP contribution in [0.15, 0.2) is 24.3 Å². The summed E-state index contributed by atoms with van der Waals surface area (Å²) in [5.74, 6) is 0.465. The zero-order valence-corrected chi connectivity index (χ0v) is 10.1.